The summed E-state index contributed by atoms with van der Waals surface area (Å²) >= 11 is 3.54. The minimum atomic E-state index is 0.148. The Morgan fingerprint density at radius 3 is 2.60 bits per heavy atom. The highest BCUT2D eigenvalue weighted by Crippen LogP contribution is 2.25. The molecule has 0 fully saturated rings. The fourth-order valence-electron chi connectivity index (χ4n) is 1.29. The van der Waals surface area contributed by atoms with E-state index < -0.39 is 0 Å². The molecule has 0 amide bonds. The first-order valence-corrected chi connectivity index (χ1v) is 6.69. The van der Waals surface area contributed by atoms with Gasteiger partial charge in [0.25, 0.3) is 0 Å². The van der Waals surface area contributed by atoms with E-state index in [0.717, 1.165) is 5.75 Å². The minimum absolute atomic E-state index is 0.148. The predicted molar refractivity (Wildman–Crippen MR) is 68.4 cm³/mol. The number of thioether (sulfide) groups is 1. The van der Waals surface area contributed by atoms with Gasteiger partial charge in [0.05, 0.1) is 0 Å². The van der Waals surface area contributed by atoms with Crippen molar-refractivity contribution < 1.29 is 0 Å². The van der Waals surface area contributed by atoms with E-state index in [2.05, 4.69) is 35.7 Å². The van der Waals surface area contributed by atoms with Crippen LogP contribution in [0.4, 0.5) is 0 Å². The van der Waals surface area contributed by atoms with Crippen LogP contribution in [0.5, 0.6) is 0 Å². The van der Waals surface area contributed by atoms with Gasteiger partial charge in [-0.2, -0.15) is 0 Å². The van der Waals surface area contributed by atoms with Crippen molar-refractivity contribution in [2.45, 2.75) is 10.9 Å². The summed E-state index contributed by atoms with van der Waals surface area (Å²) in [6.45, 7) is 0. The van der Waals surface area contributed by atoms with Crippen molar-refractivity contribution >= 4 is 23.1 Å². The van der Waals surface area contributed by atoms with Crippen molar-refractivity contribution in [2.75, 3.05) is 5.75 Å². The van der Waals surface area contributed by atoms with Crippen LogP contribution >= 0.6 is 23.1 Å². The number of rotatable bonds is 4. The fraction of sp³-hybridized carbons (Fsp3) is 0.167. The lowest BCUT2D eigenvalue weighted by Crippen LogP contribution is -2.10. The third kappa shape index (κ3) is 3.09. The van der Waals surface area contributed by atoms with E-state index in [1.165, 1.54) is 9.77 Å². The minimum Gasteiger partial charge on any atom is -0.323 e. The van der Waals surface area contributed by atoms with Gasteiger partial charge < -0.3 is 5.73 Å². The Morgan fingerprint density at radius 1 is 1.13 bits per heavy atom. The highest BCUT2D eigenvalue weighted by molar-refractivity contribution is 7.99. The predicted octanol–water partition coefficient (Wildman–Crippen LogP) is 3.54. The first-order chi connectivity index (χ1) is 7.36. The summed E-state index contributed by atoms with van der Waals surface area (Å²) in [5, 5.41) is 2.07. The van der Waals surface area contributed by atoms with Crippen molar-refractivity contribution in [1.82, 2.24) is 0 Å². The Bertz CT molecular complexity index is 383. The van der Waals surface area contributed by atoms with Crippen molar-refractivity contribution in [3.8, 4) is 0 Å². The highest BCUT2D eigenvalue weighted by atomic mass is 32.2. The van der Waals surface area contributed by atoms with E-state index in [0.29, 0.717) is 0 Å². The molecule has 1 aromatic heterocycles. The van der Waals surface area contributed by atoms with Crippen LogP contribution in [0.2, 0.25) is 0 Å². The lowest BCUT2D eigenvalue weighted by molar-refractivity contribution is 0.852. The Hall–Kier alpha value is -0.770. The summed E-state index contributed by atoms with van der Waals surface area (Å²) in [5.74, 6) is 0.935. The van der Waals surface area contributed by atoms with E-state index in [4.69, 9.17) is 5.73 Å². The molecule has 2 N–H and O–H groups in total. The second-order valence-electron chi connectivity index (χ2n) is 3.25. The molecule has 0 spiro atoms. The second kappa shape index (κ2) is 5.35. The molecular weight excluding hydrogens is 222 g/mol. The normalized spacial score (nSPS) is 12.6. The van der Waals surface area contributed by atoms with Gasteiger partial charge in [0.2, 0.25) is 0 Å². The molecule has 1 atom stereocenters. The van der Waals surface area contributed by atoms with E-state index >= 15 is 0 Å². The molecule has 1 aromatic carbocycles. The van der Waals surface area contributed by atoms with Gasteiger partial charge in [0.1, 0.15) is 0 Å². The molecule has 0 saturated heterocycles. The van der Waals surface area contributed by atoms with Gasteiger partial charge in [-0.3, -0.25) is 0 Å². The summed E-state index contributed by atoms with van der Waals surface area (Å²) in [4.78, 5) is 2.54. The Labute approximate surface area is 98.3 Å². The van der Waals surface area contributed by atoms with Crippen LogP contribution in [0.25, 0.3) is 0 Å². The maximum Gasteiger partial charge on any atom is 0.0485 e. The van der Waals surface area contributed by atoms with E-state index in [1.807, 2.05) is 23.9 Å². The second-order valence-corrected chi connectivity index (χ2v) is 5.32. The zero-order valence-electron chi connectivity index (χ0n) is 8.30. The number of thiophene rings is 1. The molecule has 1 unspecified atom stereocenters. The average Bonchev–Trinajstić information content (AvgIpc) is 2.81. The Kier molecular flexibility index (Phi) is 3.83. The third-order valence-corrected chi connectivity index (χ3v) is 4.22. The van der Waals surface area contributed by atoms with Gasteiger partial charge in [-0.05, 0) is 23.6 Å². The summed E-state index contributed by atoms with van der Waals surface area (Å²) < 4.78 is 0. The molecule has 3 heteroatoms. The molecule has 2 rings (SSSR count). The molecule has 0 aliphatic rings. The fourth-order valence-corrected chi connectivity index (χ4v) is 3.02. The van der Waals surface area contributed by atoms with Gasteiger partial charge in [0.15, 0.2) is 0 Å². The molecule has 0 aliphatic heterocycles. The van der Waals surface area contributed by atoms with E-state index in [1.54, 1.807) is 11.3 Å². The Morgan fingerprint density at radius 2 is 1.93 bits per heavy atom. The van der Waals surface area contributed by atoms with Crippen LogP contribution in [0.3, 0.4) is 0 Å². The third-order valence-electron chi connectivity index (χ3n) is 2.08. The van der Waals surface area contributed by atoms with Crippen molar-refractivity contribution in [2.24, 2.45) is 5.73 Å². The zero-order valence-corrected chi connectivity index (χ0v) is 9.93. The number of hydrogen-bond acceptors (Lipinski definition) is 3. The lowest BCUT2D eigenvalue weighted by Gasteiger charge is -2.08. The van der Waals surface area contributed by atoms with E-state index in [-0.39, 0.29) is 6.04 Å². The number of nitrogens with two attached hydrogens (primary N) is 1. The monoisotopic (exact) mass is 235 g/mol. The van der Waals surface area contributed by atoms with Gasteiger partial charge in [0, 0.05) is 21.6 Å². The molecule has 78 valence electrons. The largest absolute Gasteiger partial charge is 0.323 e. The topological polar surface area (TPSA) is 26.0 Å². The van der Waals surface area contributed by atoms with E-state index in [9.17, 15) is 0 Å². The van der Waals surface area contributed by atoms with Crippen LogP contribution in [-0.4, -0.2) is 5.75 Å². The maximum atomic E-state index is 6.08. The van der Waals surface area contributed by atoms with Crippen molar-refractivity contribution in [1.29, 1.82) is 0 Å². The molecule has 1 heterocycles. The van der Waals surface area contributed by atoms with Crippen LogP contribution < -0.4 is 5.73 Å². The van der Waals surface area contributed by atoms with Gasteiger partial charge >= 0.3 is 0 Å². The highest BCUT2D eigenvalue weighted by Gasteiger charge is 2.06. The van der Waals surface area contributed by atoms with Crippen LogP contribution in [0.1, 0.15) is 10.9 Å². The molecule has 2 aromatic rings. The zero-order chi connectivity index (χ0) is 10.5. The molecular formula is C12H13NS2. The summed E-state index contributed by atoms with van der Waals surface area (Å²) in [6.07, 6.45) is 0. The molecule has 1 nitrogen and oxygen atoms in total. The average molecular weight is 235 g/mol. The standard InChI is InChI=1S/C12H13NS2/c13-11(12-7-4-8-14-12)9-15-10-5-2-1-3-6-10/h1-8,11H,9,13H2. The van der Waals surface area contributed by atoms with Crippen LogP contribution in [0, 0.1) is 0 Å². The van der Waals surface area contributed by atoms with Crippen molar-refractivity contribution in [3.05, 3.63) is 52.7 Å². The van der Waals surface area contributed by atoms with Crippen LogP contribution in [0.15, 0.2) is 52.7 Å². The quantitative estimate of drug-likeness (QED) is 0.820. The number of benzene rings is 1. The first-order valence-electron chi connectivity index (χ1n) is 4.83. The van der Waals surface area contributed by atoms with Gasteiger partial charge in [-0.1, -0.05) is 24.3 Å². The summed E-state index contributed by atoms with van der Waals surface area (Å²) in [6, 6.07) is 14.7. The molecule has 0 saturated carbocycles. The maximum absolute atomic E-state index is 6.08. The molecule has 0 bridgehead atoms. The molecule has 0 radical (unpaired) electrons. The van der Waals surface area contributed by atoms with Crippen molar-refractivity contribution in [3.63, 3.8) is 0 Å². The van der Waals surface area contributed by atoms with Crippen LogP contribution in [-0.2, 0) is 0 Å². The Balaban J connectivity index is 1.89. The molecule has 0 aliphatic carbocycles. The van der Waals surface area contributed by atoms with Gasteiger partial charge in [-0.25, -0.2) is 0 Å². The summed E-state index contributed by atoms with van der Waals surface area (Å²) in [5.41, 5.74) is 6.08. The summed E-state index contributed by atoms with van der Waals surface area (Å²) in [7, 11) is 0. The van der Waals surface area contributed by atoms with Gasteiger partial charge in [-0.15, -0.1) is 23.1 Å². The smallest absolute Gasteiger partial charge is 0.0485 e. The molecule has 15 heavy (non-hydrogen) atoms. The lowest BCUT2D eigenvalue weighted by atomic mass is 10.3. The number of hydrogen-bond donors (Lipinski definition) is 1. The first kappa shape index (κ1) is 10.7. The SMILES string of the molecule is NC(CSc1ccccc1)c1cccs1.